The fraction of sp³-hybridized carbons (Fsp3) is 0.600. The van der Waals surface area contributed by atoms with Crippen molar-refractivity contribution in [3.05, 3.63) is 17.7 Å². The van der Waals surface area contributed by atoms with Crippen LogP contribution in [0.25, 0.3) is 0 Å². The number of ether oxygens (including phenoxy) is 4. The minimum Gasteiger partial charge on any atom is -0.493 e. The molecule has 5 nitrogen and oxygen atoms in total. The quantitative estimate of drug-likeness (QED) is 0.864. The van der Waals surface area contributed by atoms with Crippen LogP contribution in [0.1, 0.15) is 18.1 Å². The Balaban J connectivity index is 2.36. The molecule has 1 heterocycles. The SMILES string of the molecule is CNCC1CCOC1c1cc(OC)c(OC)c(OC)c1. The van der Waals surface area contributed by atoms with Crippen LogP contribution in [0.5, 0.6) is 17.2 Å². The van der Waals surface area contributed by atoms with Crippen molar-refractivity contribution < 1.29 is 18.9 Å². The van der Waals surface area contributed by atoms with Crippen molar-refractivity contribution in [2.45, 2.75) is 12.5 Å². The molecule has 2 rings (SSSR count). The van der Waals surface area contributed by atoms with E-state index in [1.807, 2.05) is 19.2 Å². The van der Waals surface area contributed by atoms with E-state index >= 15 is 0 Å². The summed E-state index contributed by atoms with van der Waals surface area (Å²) in [6.07, 6.45) is 1.12. The van der Waals surface area contributed by atoms with Crippen molar-refractivity contribution in [1.29, 1.82) is 0 Å². The zero-order valence-corrected chi connectivity index (χ0v) is 12.6. The molecule has 2 unspecified atom stereocenters. The van der Waals surface area contributed by atoms with Gasteiger partial charge in [0.25, 0.3) is 0 Å². The topological polar surface area (TPSA) is 49.0 Å². The van der Waals surface area contributed by atoms with E-state index in [9.17, 15) is 0 Å². The zero-order chi connectivity index (χ0) is 14.5. The van der Waals surface area contributed by atoms with Crippen LogP contribution in [0.2, 0.25) is 0 Å². The van der Waals surface area contributed by atoms with Crippen molar-refractivity contribution in [3.8, 4) is 17.2 Å². The van der Waals surface area contributed by atoms with Gasteiger partial charge < -0.3 is 24.3 Å². The molecule has 1 aromatic carbocycles. The Kier molecular flexibility index (Phi) is 5.09. The minimum atomic E-state index is 0.0659. The molecule has 1 saturated heterocycles. The number of methoxy groups -OCH3 is 3. The third kappa shape index (κ3) is 2.83. The summed E-state index contributed by atoms with van der Waals surface area (Å²) in [6, 6.07) is 3.94. The molecule has 1 fully saturated rings. The summed E-state index contributed by atoms with van der Waals surface area (Å²) in [4.78, 5) is 0. The first-order valence-corrected chi connectivity index (χ1v) is 6.81. The maximum atomic E-state index is 5.88. The Morgan fingerprint density at radius 1 is 1.15 bits per heavy atom. The molecule has 5 heteroatoms. The molecule has 0 amide bonds. The lowest BCUT2D eigenvalue weighted by Gasteiger charge is -2.21. The van der Waals surface area contributed by atoms with Crippen LogP contribution in [-0.4, -0.2) is 41.5 Å². The van der Waals surface area contributed by atoms with Gasteiger partial charge in [-0.2, -0.15) is 0 Å². The first-order valence-electron chi connectivity index (χ1n) is 6.81. The van der Waals surface area contributed by atoms with Gasteiger partial charge in [-0.25, -0.2) is 0 Å². The molecule has 1 aromatic rings. The molecule has 1 aliphatic rings. The molecule has 0 aromatic heterocycles. The van der Waals surface area contributed by atoms with E-state index in [2.05, 4.69) is 5.32 Å². The van der Waals surface area contributed by atoms with E-state index < -0.39 is 0 Å². The number of benzene rings is 1. The van der Waals surface area contributed by atoms with Crippen LogP contribution < -0.4 is 19.5 Å². The van der Waals surface area contributed by atoms with Gasteiger partial charge in [0.2, 0.25) is 5.75 Å². The highest BCUT2D eigenvalue weighted by Gasteiger charge is 2.30. The van der Waals surface area contributed by atoms with Crippen molar-refractivity contribution >= 4 is 0 Å². The van der Waals surface area contributed by atoms with Crippen molar-refractivity contribution in [1.82, 2.24) is 5.32 Å². The molecule has 0 spiro atoms. The minimum absolute atomic E-state index is 0.0659. The summed E-state index contributed by atoms with van der Waals surface area (Å²) in [5.74, 6) is 2.41. The lowest BCUT2D eigenvalue weighted by atomic mass is 9.94. The van der Waals surface area contributed by atoms with Crippen molar-refractivity contribution in [2.75, 3.05) is 41.5 Å². The number of nitrogens with one attached hydrogen (secondary N) is 1. The van der Waals surface area contributed by atoms with Crippen LogP contribution in [0, 0.1) is 5.92 Å². The summed E-state index contributed by atoms with van der Waals surface area (Å²) in [5.41, 5.74) is 1.07. The van der Waals surface area contributed by atoms with E-state index in [-0.39, 0.29) is 6.10 Å². The largest absolute Gasteiger partial charge is 0.493 e. The van der Waals surface area contributed by atoms with Crippen molar-refractivity contribution in [3.63, 3.8) is 0 Å². The maximum Gasteiger partial charge on any atom is 0.203 e. The van der Waals surface area contributed by atoms with Crippen LogP contribution in [0.4, 0.5) is 0 Å². The fourth-order valence-corrected chi connectivity index (χ4v) is 2.74. The van der Waals surface area contributed by atoms with Crippen LogP contribution in [0.15, 0.2) is 12.1 Å². The molecule has 20 heavy (non-hydrogen) atoms. The van der Waals surface area contributed by atoms with Gasteiger partial charge in [0.15, 0.2) is 11.5 Å². The number of hydrogen-bond donors (Lipinski definition) is 1. The van der Waals surface area contributed by atoms with Crippen molar-refractivity contribution in [2.24, 2.45) is 5.92 Å². The average molecular weight is 281 g/mol. The van der Waals surface area contributed by atoms with Gasteiger partial charge in [0, 0.05) is 19.1 Å². The molecule has 0 saturated carbocycles. The second kappa shape index (κ2) is 6.81. The van der Waals surface area contributed by atoms with E-state index in [0.29, 0.717) is 23.2 Å². The molecular formula is C15H23NO4. The van der Waals surface area contributed by atoms with Gasteiger partial charge >= 0.3 is 0 Å². The molecule has 2 atom stereocenters. The number of hydrogen-bond acceptors (Lipinski definition) is 5. The van der Waals surface area contributed by atoms with E-state index in [1.54, 1.807) is 21.3 Å². The predicted octanol–water partition coefficient (Wildman–Crippen LogP) is 2.01. The predicted molar refractivity (Wildman–Crippen MR) is 76.8 cm³/mol. The summed E-state index contributed by atoms with van der Waals surface area (Å²) in [7, 11) is 6.82. The number of rotatable bonds is 6. The standard InChI is InChI=1S/C15H23NO4/c1-16-9-10-5-6-20-14(10)11-7-12(17-2)15(19-4)13(8-11)18-3/h7-8,10,14,16H,5-6,9H2,1-4H3. The summed E-state index contributed by atoms with van der Waals surface area (Å²) in [5, 5.41) is 3.22. The first-order chi connectivity index (χ1) is 9.74. The Bertz CT molecular complexity index is 424. The summed E-state index contributed by atoms with van der Waals surface area (Å²) >= 11 is 0. The van der Waals surface area contributed by atoms with Gasteiger partial charge in [-0.3, -0.25) is 0 Å². The van der Waals surface area contributed by atoms with E-state index in [4.69, 9.17) is 18.9 Å². The van der Waals surface area contributed by atoms with Gasteiger partial charge in [0.05, 0.1) is 27.4 Å². The smallest absolute Gasteiger partial charge is 0.203 e. The van der Waals surface area contributed by atoms with Crippen LogP contribution in [-0.2, 0) is 4.74 Å². The van der Waals surface area contributed by atoms with E-state index in [1.165, 1.54) is 0 Å². The van der Waals surface area contributed by atoms with Gasteiger partial charge in [-0.1, -0.05) is 0 Å². The molecule has 0 aliphatic carbocycles. The van der Waals surface area contributed by atoms with E-state index in [0.717, 1.165) is 25.1 Å². The zero-order valence-electron chi connectivity index (χ0n) is 12.6. The highest BCUT2D eigenvalue weighted by atomic mass is 16.5. The third-order valence-corrected chi connectivity index (χ3v) is 3.70. The molecule has 0 radical (unpaired) electrons. The van der Waals surface area contributed by atoms with Crippen LogP contribution >= 0.6 is 0 Å². The maximum absolute atomic E-state index is 5.88. The highest BCUT2D eigenvalue weighted by Crippen LogP contribution is 2.43. The third-order valence-electron chi connectivity index (χ3n) is 3.70. The second-order valence-corrected chi connectivity index (χ2v) is 4.86. The highest BCUT2D eigenvalue weighted by molar-refractivity contribution is 5.54. The second-order valence-electron chi connectivity index (χ2n) is 4.86. The lowest BCUT2D eigenvalue weighted by Crippen LogP contribution is -2.21. The van der Waals surface area contributed by atoms with Gasteiger partial charge in [-0.05, 0) is 31.2 Å². The van der Waals surface area contributed by atoms with Gasteiger partial charge in [0.1, 0.15) is 0 Å². The molecule has 1 aliphatic heterocycles. The first kappa shape index (κ1) is 14.9. The monoisotopic (exact) mass is 281 g/mol. The van der Waals surface area contributed by atoms with Gasteiger partial charge in [-0.15, -0.1) is 0 Å². The lowest BCUT2D eigenvalue weighted by molar-refractivity contribution is 0.0904. The summed E-state index contributed by atoms with van der Waals surface area (Å²) < 4.78 is 22.0. The Labute approximate surface area is 120 Å². The molecule has 112 valence electrons. The Morgan fingerprint density at radius 2 is 1.80 bits per heavy atom. The Morgan fingerprint density at radius 3 is 2.30 bits per heavy atom. The Hall–Kier alpha value is -1.46. The van der Waals surface area contributed by atoms with Crippen LogP contribution in [0.3, 0.4) is 0 Å². The average Bonchev–Trinajstić information content (AvgIpc) is 2.94. The fourth-order valence-electron chi connectivity index (χ4n) is 2.74. The molecular weight excluding hydrogens is 258 g/mol. The normalized spacial score (nSPS) is 21.8. The summed E-state index contributed by atoms with van der Waals surface area (Å²) in [6.45, 7) is 1.72. The molecule has 1 N–H and O–H groups in total. The molecule has 0 bridgehead atoms.